The van der Waals surface area contributed by atoms with Crippen molar-refractivity contribution in [3.05, 3.63) is 33.8 Å². The number of rotatable bonds is 6. The number of halogens is 5. The predicted molar refractivity (Wildman–Crippen MR) is 87.7 cm³/mol. The Hall–Kier alpha value is -0.660. The fourth-order valence-electron chi connectivity index (χ4n) is 2.09. The molecule has 2 N–H and O–H groups in total. The maximum atomic E-state index is 13.0. The predicted octanol–water partition coefficient (Wildman–Crippen LogP) is 3.05. The minimum absolute atomic E-state index is 0. The first-order chi connectivity index (χ1) is 10.4. The molecule has 1 aliphatic heterocycles. The number of hydrogen-bond acceptors (Lipinski definition) is 3. The second kappa shape index (κ2) is 8.99. The molecule has 1 aromatic carbocycles. The van der Waals surface area contributed by atoms with Crippen molar-refractivity contribution in [2.24, 2.45) is 0 Å². The molecule has 0 bridgehead atoms. The number of nitrogens with one attached hydrogen (secondary N) is 2. The topological polar surface area (TPSA) is 50.4 Å². The van der Waals surface area contributed by atoms with E-state index in [4.69, 9.17) is 27.9 Å². The smallest absolute Gasteiger partial charge is 0.262 e. The fraction of sp³-hybridized carbons (Fsp3) is 0.500. The van der Waals surface area contributed by atoms with Gasteiger partial charge in [-0.25, -0.2) is 8.78 Å². The first-order valence-corrected chi connectivity index (χ1v) is 7.53. The molecular weight excluding hydrogens is 373 g/mol. The molecule has 1 fully saturated rings. The molecule has 1 unspecified atom stereocenters. The van der Waals surface area contributed by atoms with Gasteiger partial charge in [0.15, 0.2) is 0 Å². The van der Waals surface area contributed by atoms with E-state index in [0.717, 1.165) is 5.56 Å². The van der Waals surface area contributed by atoms with E-state index in [9.17, 15) is 13.6 Å². The highest BCUT2D eigenvalue weighted by Gasteiger charge is 2.42. The van der Waals surface area contributed by atoms with E-state index in [0.29, 0.717) is 10.0 Å². The minimum atomic E-state index is -2.82. The molecule has 2 rings (SSSR count). The zero-order valence-corrected chi connectivity index (χ0v) is 14.4. The van der Waals surface area contributed by atoms with E-state index < -0.39 is 30.8 Å². The standard InChI is InChI=1S/C14H16Cl2F2N2O2.ClH/c15-10-2-1-9(11(16)5-10)7-22-4-3-19-13(21)12-6-14(17,18)8-20-12;/h1-2,5,12,20H,3-4,6-8H2,(H,19,21);1H. The Morgan fingerprint density at radius 3 is 2.78 bits per heavy atom. The number of ether oxygens (including phenoxy) is 1. The van der Waals surface area contributed by atoms with Gasteiger partial charge in [-0.1, -0.05) is 29.3 Å². The van der Waals surface area contributed by atoms with Gasteiger partial charge in [0.2, 0.25) is 5.91 Å². The average molecular weight is 390 g/mol. The summed E-state index contributed by atoms with van der Waals surface area (Å²) >= 11 is 11.8. The summed E-state index contributed by atoms with van der Waals surface area (Å²) in [5.41, 5.74) is 0.787. The number of carbonyl (C=O) groups excluding carboxylic acids is 1. The van der Waals surface area contributed by atoms with Crippen molar-refractivity contribution in [3.63, 3.8) is 0 Å². The van der Waals surface area contributed by atoms with Crippen LogP contribution in [-0.4, -0.2) is 37.6 Å². The van der Waals surface area contributed by atoms with Gasteiger partial charge in [-0.15, -0.1) is 12.4 Å². The quantitative estimate of drug-likeness (QED) is 0.735. The fourth-order valence-corrected chi connectivity index (χ4v) is 2.55. The molecule has 0 aliphatic carbocycles. The van der Waals surface area contributed by atoms with Crippen molar-refractivity contribution in [1.29, 1.82) is 0 Å². The molecular formula is C14H17Cl3F2N2O2. The Bertz CT molecular complexity index is 547. The molecule has 1 heterocycles. The van der Waals surface area contributed by atoms with E-state index >= 15 is 0 Å². The lowest BCUT2D eigenvalue weighted by Gasteiger charge is -2.11. The van der Waals surface area contributed by atoms with Crippen LogP contribution >= 0.6 is 35.6 Å². The van der Waals surface area contributed by atoms with Crippen LogP contribution in [-0.2, 0) is 16.1 Å². The Morgan fingerprint density at radius 2 is 2.17 bits per heavy atom. The second-order valence-corrected chi connectivity index (χ2v) is 5.92. The first kappa shape index (κ1) is 20.4. The van der Waals surface area contributed by atoms with E-state index in [-0.39, 0.29) is 32.2 Å². The van der Waals surface area contributed by atoms with Crippen molar-refractivity contribution in [2.75, 3.05) is 19.7 Å². The van der Waals surface area contributed by atoms with Gasteiger partial charge in [-0.2, -0.15) is 0 Å². The van der Waals surface area contributed by atoms with Crippen LogP contribution < -0.4 is 10.6 Å². The van der Waals surface area contributed by atoms with Crippen molar-refractivity contribution in [2.45, 2.75) is 25.0 Å². The summed E-state index contributed by atoms with van der Waals surface area (Å²) in [6.07, 6.45) is -0.472. The van der Waals surface area contributed by atoms with E-state index in [1.165, 1.54) is 0 Å². The van der Waals surface area contributed by atoms with Gasteiger partial charge in [-0.3, -0.25) is 10.1 Å². The van der Waals surface area contributed by atoms with Crippen molar-refractivity contribution < 1.29 is 18.3 Å². The maximum absolute atomic E-state index is 13.0. The molecule has 1 amide bonds. The summed E-state index contributed by atoms with van der Waals surface area (Å²) in [5, 5.41) is 6.10. The minimum Gasteiger partial charge on any atom is -0.375 e. The normalized spacial score (nSPS) is 19.2. The lowest BCUT2D eigenvalue weighted by molar-refractivity contribution is -0.123. The maximum Gasteiger partial charge on any atom is 0.262 e. The highest BCUT2D eigenvalue weighted by Crippen LogP contribution is 2.25. The third-order valence-corrected chi connectivity index (χ3v) is 3.83. The van der Waals surface area contributed by atoms with Gasteiger partial charge >= 0.3 is 0 Å². The number of hydrogen-bond donors (Lipinski definition) is 2. The highest BCUT2D eigenvalue weighted by molar-refractivity contribution is 6.35. The van der Waals surface area contributed by atoms with Crippen LogP contribution in [0, 0.1) is 0 Å². The van der Waals surface area contributed by atoms with Gasteiger partial charge in [0, 0.05) is 23.0 Å². The van der Waals surface area contributed by atoms with Crippen molar-refractivity contribution >= 4 is 41.5 Å². The summed E-state index contributed by atoms with van der Waals surface area (Å²) in [7, 11) is 0. The van der Waals surface area contributed by atoms with Gasteiger partial charge in [0.05, 0.1) is 25.8 Å². The SMILES string of the molecule is Cl.O=C(NCCOCc1ccc(Cl)cc1Cl)C1CC(F)(F)CN1. The Kier molecular flexibility index (Phi) is 7.97. The molecule has 0 saturated carbocycles. The largest absolute Gasteiger partial charge is 0.375 e. The number of amides is 1. The van der Waals surface area contributed by atoms with Crippen LogP contribution in [0.2, 0.25) is 10.0 Å². The number of alkyl halides is 2. The molecule has 1 atom stereocenters. The summed E-state index contributed by atoms with van der Waals surface area (Å²) < 4.78 is 31.3. The lowest BCUT2D eigenvalue weighted by atomic mass is 10.2. The molecule has 130 valence electrons. The monoisotopic (exact) mass is 388 g/mol. The van der Waals surface area contributed by atoms with Crippen LogP contribution in [0.15, 0.2) is 18.2 Å². The van der Waals surface area contributed by atoms with Gasteiger partial charge < -0.3 is 10.1 Å². The summed E-state index contributed by atoms with van der Waals surface area (Å²) in [6.45, 7) is 0.323. The zero-order valence-electron chi connectivity index (χ0n) is 12.1. The molecule has 9 heteroatoms. The Balaban J connectivity index is 0.00000264. The zero-order chi connectivity index (χ0) is 16.2. The van der Waals surface area contributed by atoms with Crippen LogP contribution in [0.25, 0.3) is 0 Å². The van der Waals surface area contributed by atoms with Crippen LogP contribution in [0.4, 0.5) is 8.78 Å². The summed E-state index contributed by atoms with van der Waals surface area (Å²) in [4.78, 5) is 11.7. The second-order valence-electron chi connectivity index (χ2n) is 5.07. The molecule has 1 aliphatic rings. The number of benzene rings is 1. The van der Waals surface area contributed by atoms with E-state index in [2.05, 4.69) is 10.6 Å². The Morgan fingerprint density at radius 1 is 1.43 bits per heavy atom. The average Bonchev–Trinajstić information content (AvgIpc) is 2.81. The molecule has 0 aromatic heterocycles. The van der Waals surface area contributed by atoms with Gasteiger partial charge in [0.25, 0.3) is 5.92 Å². The molecule has 0 spiro atoms. The van der Waals surface area contributed by atoms with E-state index in [1.54, 1.807) is 18.2 Å². The van der Waals surface area contributed by atoms with Gasteiger partial charge in [0.1, 0.15) is 0 Å². The Labute approximate surface area is 149 Å². The van der Waals surface area contributed by atoms with E-state index in [1.807, 2.05) is 0 Å². The lowest BCUT2D eigenvalue weighted by Crippen LogP contribution is -2.41. The van der Waals surface area contributed by atoms with Crippen LogP contribution in [0.5, 0.6) is 0 Å². The first-order valence-electron chi connectivity index (χ1n) is 6.78. The molecule has 4 nitrogen and oxygen atoms in total. The van der Waals surface area contributed by atoms with Gasteiger partial charge in [-0.05, 0) is 17.7 Å². The van der Waals surface area contributed by atoms with Crippen LogP contribution in [0.3, 0.4) is 0 Å². The van der Waals surface area contributed by atoms with Crippen molar-refractivity contribution in [3.8, 4) is 0 Å². The molecule has 1 aromatic rings. The molecule has 1 saturated heterocycles. The van der Waals surface area contributed by atoms with Crippen molar-refractivity contribution in [1.82, 2.24) is 10.6 Å². The van der Waals surface area contributed by atoms with Crippen LogP contribution in [0.1, 0.15) is 12.0 Å². The summed E-state index contributed by atoms with van der Waals surface area (Å²) in [6, 6.07) is 4.24. The summed E-state index contributed by atoms with van der Waals surface area (Å²) in [5.74, 6) is -3.26. The third-order valence-electron chi connectivity index (χ3n) is 3.24. The molecule has 23 heavy (non-hydrogen) atoms. The molecule has 0 radical (unpaired) electrons. The number of carbonyl (C=O) groups is 1. The highest BCUT2D eigenvalue weighted by atomic mass is 35.5. The third kappa shape index (κ3) is 6.39.